The molecule has 0 aliphatic heterocycles. The van der Waals surface area contributed by atoms with Gasteiger partial charge in [0.1, 0.15) is 0 Å². The van der Waals surface area contributed by atoms with Gasteiger partial charge in [-0.1, -0.05) is 308 Å². The highest BCUT2D eigenvalue weighted by Gasteiger charge is 2.18. The molecule has 1 amide bonds. The highest BCUT2D eigenvalue weighted by molar-refractivity contribution is 5.76. The van der Waals surface area contributed by atoms with Crippen molar-refractivity contribution < 1.29 is 24.5 Å². The number of amides is 1. The molecule has 2 unspecified atom stereocenters. The molecule has 6 nitrogen and oxygen atoms in total. The van der Waals surface area contributed by atoms with Crippen LogP contribution < -0.4 is 5.32 Å². The molecule has 0 aliphatic rings. The van der Waals surface area contributed by atoms with Crippen molar-refractivity contribution in [3.63, 3.8) is 0 Å². The smallest absolute Gasteiger partial charge is 0.305 e. The summed E-state index contributed by atoms with van der Waals surface area (Å²) in [6.45, 7) is 4.92. The average Bonchev–Trinajstić information content (AvgIpc) is 3.37. The van der Waals surface area contributed by atoms with Gasteiger partial charge in [0, 0.05) is 12.8 Å². The Morgan fingerprint density at radius 1 is 0.380 bits per heavy atom. The Morgan fingerprint density at radius 3 is 1.00 bits per heavy atom. The molecule has 0 heterocycles. The number of ether oxygens (including phenoxy) is 1. The normalized spacial score (nSPS) is 12.7. The van der Waals surface area contributed by atoms with Gasteiger partial charge < -0.3 is 20.3 Å². The van der Waals surface area contributed by atoms with Crippen molar-refractivity contribution in [1.29, 1.82) is 0 Å². The van der Waals surface area contributed by atoms with Gasteiger partial charge in [-0.15, -0.1) is 0 Å². The summed E-state index contributed by atoms with van der Waals surface area (Å²) in [6.07, 6.45) is 75.1. The van der Waals surface area contributed by atoms with E-state index in [4.69, 9.17) is 4.74 Å². The molecular weight excluding hydrogens is 875 g/mol. The minimum atomic E-state index is -0.846. The van der Waals surface area contributed by atoms with Crippen molar-refractivity contribution in [2.75, 3.05) is 13.2 Å². The lowest BCUT2D eigenvalue weighted by atomic mass is 10.0. The SMILES string of the molecule is CCCCCCCCCCCCCCCCCC/C=C/C(O)C(CO)NC(=O)CCCCCCCCCCC/C=C\CCCCCCCCCCCCCCOC(=O)CCCCCCCCCCCCC. The summed E-state index contributed by atoms with van der Waals surface area (Å²) >= 11 is 0. The molecule has 0 saturated carbocycles. The average molecular weight is 1000 g/mol. The van der Waals surface area contributed by atoms with Crippen LogP contribution in [0.3, 0.4) is 0 Å². The Balaban J connectivity index is 3.43. The third kappa shape index (κ3) is 57.5. The molecule has 0 rings (SSSR count). The maximum Gasteiger partial charge on any atom is 0.305 e. The first-order chi connectivity index (χ1) is 35.0. The predicted octanol–water partition coefficient (Wildman–Crippen LogP) is 20.2. The Labute approximate surface area is 443 Å². The zero-order chi connectivity index (χ0) is 51.4. The van der Waals surface area contributed by atoms with Gasteiger partial charge in [0.05, 0.1) is 25.4 Å². The number of unbranched alkanes of at least 4 members (excludes halogenated alkanes) is 47. The van der Waals surface area contributed by atoms with E-state index < -0.39 is 12.1 Å². The number of esters is 1. The minimum absolute atomic E-state index is 0.0131. The van der Waals surface area contributed by atoms with Crippen LogP contribution in [0.5, 0.6) is 0 Å². The topological polar surface area (TPSA) is 95.9 Å². The van der Waals surface area contributed by atoms with E-state index in [1.54, 1.807) is 6.08 Å². The van der Waals surface area contributed by atoms with E-state index >= 15 is 0 Å². The molecule has 2 atom stereocenters. The molecule has 0 aromatic rings. The number of rotatable bonds is 60. The Kier molecular flexibility index (Phi) is 59.5. The third-order valence-electron chi connectivity index (χ3n) is 15.0. The Morgan fingerprint density at radius 2 is 0.662 bits per heavy atom. The van der Waals surface area contributed by atoms with Crippen LogP contribution in [0.25, 0.3) is 0 Å². The third-order valence-corrected chi connectivity index (χ3v) is 15.0. The van der Waals surface area contributed by atoms with Crippen molar-refractivity contribution in [1.82, 2.24) is 5.32 Å². The first-order valence-electron chi connectivity index (χ1n) is 32.1. The van der Waals surface area contributed by atoms with Gasteiger partial charge in [0.25, 0.3) is 0 Å². The van der Waals surface area contributed by atoms with Crippen LogP contribution in [-0.2, 0) is 14.3 Å². The van der Waals surface area contributed by atoms with E-state index in [-0.39, 0.29) is 18.5 Å². The Bertz CT molecular complexity index is 1110. The zero-order valence-electron chi connectivity index (χ0n) is 48.0. The van der Waals surface area contributed by atoms with Crippen LogP contribution in [0, 0.1) is 0 Å². The van der Waals surface area contributed by atoms with Crippen LogP contribution in [0.15, 0.2) is 24.3 Å². The number of hydrogen-bond donors (Lipinski definition) is 3. The number of carbonyl (C=O) groups is 2. The molecule has 0 aromatic heterocycles. The lowest BCUT2D eigenvalue weighted by Gasteiger charge is -2.20. The lowest BCUT2D eigenvalue weighted by Crippen LogP contribution is -2.45. The standard InChI is InChI=1S/C65H125NO5/c1-3-5-7-9-11-13-15-16-17-18-28-31-34-38-41-45-49-53-57-63(68)62(61-67)66-64(69)58-54-50-46-42-39-35-32-29-26-24-22-20-19-21-23-25-27-30-33-36-40-44-48-52-56-60-71-65(70)59-55-51-47-43-37-14-12-10-8-6-4-2/h20,22,53,57,62-63,67-68H,3-19,21,23-52,54-56,58-61H2,1-2H3,(H,66,69)/b22-20-,57-53+. The number of nitrogens with one attached hydrogen (secondary N) is 1. The predicted molar refractivity (Wildman–Crippen MR) is 310 cm³/mol. The van der Waals surface area contributed by atoms with Crippen molar-refractivity contribution in [3.05, 3.63) is 24.3 Å². The van der Waals surface area contributed by atoms with Gasteiger partial charge in [-0.2, -0.15) is 0 Å². The number of carbonyl (C=O) groups excluding carboxylic acids is 2. The van der Waals surface area contributed by atoms with Gasteiger partial charge >= 0.3 is 5.97 Å². The maximum atomic E-state index is 12.5. The number of aliphatic hydroxyl groups excluding tert-OH is 2. The second-order valence-corrected chi connectivity index (χ2v) is 22.1. The van der Waals surface area contributed by atoms with Gasteiger partial charge in [0.15, 0.2) is 0 Å². The molecule has 0 fully saturated rings. The molecule has 0 aliphatic carbocycles. The molecule has 0 radical (unpaired) electrons. The van der Waals surface area contributed by atoms with Gasteiger partial charge in [-0.3, -0.25) is 9.59 Å². The number of allylic oxidation sites excluding steroid dienone is 3. The largest absolute Gasteiger partial charge is 0.466 e. The highest BCUT2D eigenvalue weighted by Crippen LogP contribution is 2.18. The van der Waals surface area contributed by atoms with Crippen LogP contribution in [0.2, 0.25) is 0 Å². The van der Waals surface area contributed by atoms with Gasteiger partial charge in [0.2, 0.25) is 5.91 Å². The molecule has 0 spiro atoms. The Hall–Kier alpha value is -1.66. The maximum absolute atomic E-state index is 12.5. The van der Waals surface area contributed by atoms with E-state index in [1.165, 1.54) is 289 Å². The number of hydrogen-bond acceptors (Lipinski definition) is 5. The molecule has 3 N–H and O–H groups in total. The summed E-state index contributed by atoms with van der Waals surface area (Å²) in [7, 11) is 0. The molecule has 71 heavy (non-hydrogen) atoms. The van der Waals surface area contributed by atoms with E-state index in [0.717, 1.165) is 38.5 Å². The summed E-state index contributed by atoms with van der Waals surface area (Å²) in [5.74, 6) is -0.0552. The van der Waals surface area contributed by atoms with E-state index in [9.17, 15) is 19.8 Å². The highest BCUT2D eigenvalue weighted by atomic mass is 16.5. The second-order valence-electron chi connectivity index (χ2n) is 22.1. The van der Waals surface area contributed by atoms with Crippen LogP contribution >= 0.6 is 0 Å². The van der Waals surface area contributed by atoms with Crippen LogP contribution in [-0.4, -0.2) is 47.4 Å². The van der Waals surface area contributed by atoms with Crippen molar-refractivity contribution >= 4 is 11.9 Å². The zero-order valence-corrected chi connectivity index (χ0v) is 48.0. The van der Waals surface area contributed by atoms with Crippen molar-refractivity contribution in [2.24, 2.45) is 0 Å². The quantitative estimate of drug-likeness (QED) is 0.0320. The monoisotopic (exact) mass is 1000 g/mol. The fraction of sp³-hybridized carbons (Fsp3) is 0.908. The summed E-state index contributed by atoms with van der Waals surface area (Å²) in [4.78, 5) is 24.5. The molecule has 0 bridgehead atoms. The lowest BCUT2D eigenvalue weighted by molar-refractivity contribution is -0.143. The van der Waals surface area contributed by atoms with E-state index in [1.807, 2.05) is 6.08 Å². The number of aliphatic hydroxyl groups is 2. The van der Waals surface area contributed by atoms with Crippen LogP contribution in [0.1, 0.15) is 354 Å². The van der Waals surface area contributed by atoms with Gasteiger partial charge in [-0.25, -0.2) is 0 Å². The van der Waals surface area contributed by atoms with Crippen LogP contribution in [0.4, 0.5) is 0 Å². The van der Waals surface area contributed by atoms with Crippen molar-refractivity contribution in [2.45, 2.75) is 366 Å². The second kappa shape index (κ2) is 60.9. The first kappa shape index (κ1) is 69.3. The molecular formula is C65H125NO5. The minimum Gasteiger partial charge on any atom is -0.466 e. The summed E-state index contributed by atoms with van der Waals surface area (Å²) in [6, 6.07) is -0.630. The summed E-state index contributed by atoms with van der Waals surface area (Å²) in [5.41, 5.74) is 0. The molecule has 0 saturated heterocycles. The molecule has 420 valence electrons. The fourth-order valence-electron chi connectivity index (χ4n) is 10.0. The first-order valence-corrected chi connectivity index (χ1v) is 32.1. The van der Waals surface area contributed by atoms with Gasteiger partial charge in [-0.05, 0) is 57.8 Å². The fourth-order valence-corrected chi connectivity index (χ4v) is 10.0. The van der Waals surface area contributed by atoms with Crippen molar-refractivity contribution in [3.8, 4) is 0 Å². The van der Waals surface area contributed by atoms with E-state index in [0.29, 0.717) is 19.4 Å². The molecule has 6 heteroatoms. The molecule has 0 aromatic carbocycles. The summed E-state index contributed by atoms with van der Waals surface area (Å²) in [5, 5.41) is 23.2. The summed E-state index contributed by atoms with van der Waals surface area (Å²) < 4.78 is 5.47. The van der Waals surface area contributed by atoms with E-state index in [2.05, 4.69) is 31.3 Å².